The molecule has 0 aliphatic rings. The van der Waals surface area contributed by atoms with Crippen molar-refractivity contribution in [3.05, 3.63) is 0 Å². The molecule has 82 valence electrons. The van der Waals surface area contributed by atoms with E-state index in [0.29, 0.717) is 0 Å². The molecule has 0 aliphatic carbocycles. The highest BCUT2D eigenvalue weighted by molar-refractivity contribution is 5.87. The van der Waals surface area contributed by atoms with Crippen LogP contribution in [0, 0.1) is 5.41 Å². The summed E-state index contributed by atoms with van der Waals surface area (Å²) in [7, 11) is 1.62. The number of rotatable bonds is 2. The Morgan fingerprint density at radius 1 is 1.50 bits per heavy atom. The van der Waals surface area contributed by atoms with Gasteiger partial charge < -0.3 is 16.0 Å². The van der Waals surface area contributed by atoms with Gasteiger partial charge in [0, 0.05) is 12.6 Å². The number of nitrogens with zero attached hydrogens (tertiary/aromatic N) is 1. The predicted molar refractivity (Wildman–Crippen MR) is 57.4 cm³/mol. The van der Waals surface area contributed by atoms with Crippen molar-refractivity contribution in [2.45, 2.75) is 39.3 Å². The number of likely N-dealkylation sites (N-methyl/N-ethyl adjacent to an activating group) is 1. The molecule has 4 N–H and O–H groups in total. The fourth-order valence-corrected chi connectivity index (χ4v) is 0.793. The van der Waals surface area contributed by atoms with Gasteiger partial charge in [-0.3, -0.25) is 5.41 Å². The molecule has 0 spiro atoms. The van der Waals surface area contributed by atoms with Gasteiger partial charge in [-0.05, 0) is 27.7 Å². The molecule has 0 saturated heterocycles. The van der Waals surface area contributed by atoms with Crippen molar-refractivity contribution in [3.63, 3.8) is 0 Å². The van der Waals surface area contributed by atoms with Gasteiger partial charge in [0.05, 0.1) is 6.04 Å². The second kappa shape index (κ2) is 4.30. The molecule has 1 unspecified atom stereocenters. The standard InChI is InChI=1S/C9H20N4O/c1-6(7(10)11)13(5)8(14)12-9(2,3)4/h6H,1-5H3,(H3,10,11)(H,12,14). The van der Waals surface area contributed by atoms with Crippen LogP contribution in [-0.4, -0.2) is 35.4 Å². The fraction of sp³-hybridized carbons (Fsp3) is 0.778. The van der Waals surface area contributed by atoms with E-state index >= 15 is 0 Å². The van der Waals surface area contributed by atoms with Crippen molar-refractivity contribution in [2.24, 2.45) is 5.73 Å². The zero-order valence-corrected chi connectivity index (χ0v) is 9.51. The van der Waals surface area contributed by atoms with Crippen LogP contribution in [0.4, 0.5) is 4.79 Å². The number of urea groups is 1. The molecule has 5 heteroatoms. The summed E-state index contributed by atoms with van der Waals surface area (Å²) >= 11 is 0. The number of nitrogens with two attached hydrogens (primary N) is 1. The van der Waals surface area contributed by atoms with Crippen LogP contribution in [0.15, 0.2) is 0 Å². The maximum absolute atomic E-state index is 11.6. The Morgan fingerprint density at radius 3 is 2.21 bits per heavy atom. The summed E-state index contributed by atoms with van der Waals surface area (Å²) in [5, 5.41) is 10.0. The lowest BCUT2D eigenvalue weighted by molar-refractivity contribution is 0.195. The third kappa shape index (κ3) is 4.11. The highest BCUT2D eigenvalue weighted by atomic mass is 16.2. The molecule has 0 aromatic rings. The largest absolute Gasteiger partial charge is 0.386 e. The van der Waals surface area contributed by atoms with Crippen LogP contribution in [0.1, 0.15) is 27.7 Å². The first-order valence-electron chi connectivity index (χ1n) is 4.54. The maximum atomic E-state index is 11.6. The highest BCUT2D eigenvalue weighted by Gasteiger charge is 2.21. The van der Waals surface area contributed by atoms with Gasteiger partial charge in [-0.1, -0.05) is 0 Å². The molecular formula is C9H20N4O. The van der Waals surface area contributed by atoms with Crippen LogP contribution in [0.2, 0.25) is 0 Å². The Morgan fingerprint density at radius 2 is 1.93 bits per heavy atom. The molecule has 0 bridgehead atoms. The molecule has 0 heterocycles. The van der Waals surface area contributed by atoms with E-state index in [0.717, 1.165) is 0 Å². The quantitative estimate of drug-likeness (QED) is 0.454. The molecule has 2 amide bonds. The minimum atomic E-state index is -0.377. The van der Waals surface area contributed by atoms with Crippen LogP contribution < -0.4 is 11.1 Å². The van der Waals surface area contributed by atoms with Gasteiger partial charge in [-0.25, -0.2) is 4.79 Å². The van der Waals surface area contributed by atoms with Crippen LogP contribution in [0.3, 0.4) is 0 Å². The van der Waals surface area contributed by atoms with Crippen LogP contribution in [0.5, 0.6) is 0 Å². The number of carbonyl (C=O) groups excluding carboxylic acids is 1. The summed E-state index contributed by atoms with van der Waals surface area (Å²) in [6.07, 6.45) is 0. The molecule has 0 fully saturated rings. The number of amidine groups is 1. The predicted octanol–water partition coefficient (Wildman–Crippen LogP) is 0.751. The number of nitrogens with one attached hydrogen (secondary N) is 2. The van der Waals surface area contributed by atoms with Crippen LogP contribution >= 0.6 is 0 Å². The fourth-order valence-electron chi connectivity index (χ4n) is 0.793. The molecule has 0 aliphatic heterocycles. The second-order valence-electron chi connectivity index (χ2n) is 4.42. The van der Waals surface area contributed by atoms with E-state index < -0.39 is 0 Å². The molecule has 0 aromatic carbocycles. The molecule has 1 atom stereocenters. The van der Waals surface area contributed by atoms with E-state index in [1.54, 1.807) is 14.0 Å². The molecule has 0 saturated carbocycles. The topological polar surface area (TPSA) is 82.2 Å². The Labute approximate surface area is 85.2 Å². The normalized spacial score (nSPS) is 13.2. The summed E-state index contributed by atoms with van der Waals surface area (Å²) < 4.78 is 0. The minimum Gasteiger partial charge on any atom is -0.386 e. The Kier molecular flexibility index (Phi) is 3.92. The van der Waals surface area contributed by atoms with Gasteiger partial charge in [0.1, 0.15) is 5.84 Å². The summed E-state index contributed by atoms with van der Waals surface area (Å²) in [4.78, 5) is 13.0. The minimum absolute atomic E-state index is 0.0171. The van der Waals surface area contributed by atoms with Crippen molar-refractivity contribution in [1.82, 2.24) is 10.2 Å². The second-order valence-corrected chi connectivity index (χ2v) is 4.42. The smallest absolute Gasteiger partial charge is 0.318 e. The first-order valence-corrected chi connectivity index (χ1v) is 4.54. The monoisotopic (exact) mass is 200 g/mol. The van der Waals surface area contributed by atoms with Gasteiger partial charge in [0.15, 0.2) is 0 Å². The van der Waals surface area contributed by atoms with Crippen LogP contribution in [0.25, 0.3) is 0 Å². The molecule has 0 radical (unpaired) electrons. The van der Waals surface area contributed by atoms with E-state index in [9.17, 15) is 4.79 Å². The van der Waals surface area contributed by atoms with Gasteiger partial charge in [-0.2, -0.15) is 0 Å². The van der Waals surface area contributed by atoms with Gasteiger partial charge >= 0.3 is 6.03 Å². The average molecular weight is 200 g/mol. The van der Waals surface area contributed by atoms with E-state index in [2.05, 4.69) is 5.32 Å². The SMILES string of the molecule is CC(C(=N)N)N(C)C(=O)NC(C)(C)C. The summed E-state index contributed by atoms with van der Waals surface area (Å²) in [5.41, 5.74) is 5.02. The van der Waals surface area contributed by atoms with Crippen LogP contribution in [-0.2, 0) is 0 Å². The van der Waals surface area contributed by atoms with Crippen molar-refractivity contribution in [1.29, 1.82) is 5.41 Å². The number of hydrogen-bond acceptors (Lipinski definition) is 2. The van der Waals surface area contributed by atoms with E-state index in [-0.39, 0.29) is 23.4 Å². The average Bonchev–Trinajstić information content (AvgIpc) is 1.98. The zero-order chi connectivity index (χ0) is 11.5. The first kappa shape index (κ1) is 12.7. The van der Waals surface area contributed by atoms with Crippen molar-refractivity contribution in [2.75, 3.05) is 7.05 Å². The molecule has 5 nitrogen and oxygen atoms in total. The van der Waals surface area contributed by atoms with E-state index in [1.807, 2.05) is 20.8 Å². The zero-order valence-electron chi connectivity index (χ0n) is 9.51. The van der Waals surface area contributed by atoms with Crippen molar-refractivity contribution < 1.29 is 4.79 Å². The Hall–Kier alpha value is -1.26. The summed E-state index contributed by atoms with van der Waals surface area (Å²) in [5.74, 6) is -0.0171. The lowest BCUT2D eigenvalue weighted by atomic mass is 10.1. The third-order valence-corrected chi connectivity index (χ3v) is 1.83. The van der Waals surface area contributed by atoms with E-state index in [1.165, 1.54) is 4.90 Å². The van der Waals surface area contributed by atoms with Gasteiger partial charge in [-0.15, -0.1) is 0 Å². The third-order valence-electron chi connectivity index (χ3n) is 1.83. The molecule has 0 rings (SSSR count). The van der Waals surface area contributed by atoms with Crippen molar-refractivity contribution in [3.8, 4) is 0 Å². The molecule has 14 heavy (non-hydrogen) atoms. The number of carbonyl (C=O) groups is 1. The van der Waals surface area contributed by atoms with E-state index in [4.69, 9.17) is 11.1 Å². The Bertz CT molecular complexity index is 231. The maximum Gasteiger partial charge on any atom is 0.318 e. The number of amides is 2. The molecular weight excluding hydrogens is 180 g/mol. The van der Waals surface area contributed by atoms with Gasteiger partial charge in [0.2, 0.25) is 0 Å². The van der Waals surface area contributed by atoms with Gasteiger partial charge in [0.25, 0.3) is 0 Å². The summed E-state index contributed by atoms with van der Waals surface area (Å²) in [6.45, 7) is 7.41. The first-order chi connectivity index (χ1) is 6.15. The molecule has 0 aromatic heterocycles. The Balaban J connectivity index is 4.33. The number of hydrogen-bond donors (Lipinski definition) is 3. The highest BCUT2D eigenvalue weighted by Crippen LogP contribution is 2.02. The lowest BCUT2D eigenvalue weighted by Crippen LogP contribution is -2.52. The summed E-state index contributed by atoms with van der Waals surface area (Å²) in [6, 6.07) is -0.599. The van der Waals surface area contributed by atoms with Crippen molar-refractivity contribution >= 4 is 11.9 Å². The lowest BCUT2D eigenvalue weighted by Gasteiger charge is -2.29.